The van der Waals surface area contributed by atoms with Crippen LogP contribution in [0.2, 0.25) is 0 Å². The molecule has 0 spiro atoms. The van der Waals surface area contributed by atoms with Crippen LogP contribution >= 0.6 is 22.7 Å². The molecular formula is C13H20N2S2. The van der Waals surface area contributed by atoms with Crippen LogP contribution in [0.15, 0.2) is 17.5 Å². The van der Waals surface area contributed by atoms with Crippen molar-refractivity contribution in [3.63, 3.8) is 0 Å². The van der Waals surface area contributed by atoms with E-state index in [0.717, 1.165) is 6.42 Å². The zero-order valence-electron chi connectivity index (χ0n) is 10.2. The maximum absolute atomic E-state index is 5.67. The number of unbranched alkanes of at least 4 members (excludes halogenated alkanes) is 3. The lowest BCUT2D eigenvalue weighted by Crippen LogP contribution is -2.27. The van der Waals surface area contributed by atoms with Crippen molar-refractivity contribution < 1.29 is 0 Å². The van der Waals surface area contributed by atoms with Crippen molar-refractivity contribution in [1.82, 2.24) is 5.43 Å². The van der Waals surface area contributed by atoms with Gasteiger partial charge in [0.25, 0.3) is 0 Å². The largest absolute Gasteiger partial charge is 0.271 e. The summed E-state index contributed by atoms with van der Waals surface area (Å²) in [7, 11) is 0. The molecule has 0 aromatic carbocycles. The maximum Gasteiger partial charge on any atom is 0.0554 e. The zero-order chi connectivity index (χ0) is 12.1. The Balaban J connectivity index is 1.95. The molecule has 2 nitrogen and oxygen atoms in total. The highest BCUT2D eigenvalue weighted by molar-refractivity contribution is 7.26. The number of rotatable bonds is 7. The van der Waals surface area contributed by atoms with Gasteiger partial charge >= 0.3 is 0 Å². The highest BCUT2D eigenvalue weighted by Gasteiger charge is 2.13. The Morgan fingerprint density at radius 1 is 1.29 bits per heavy atom. The van der Waals surface area contributed by atoms with Gasteiger partial charge < -0.3 is 0 Å². The van der Waals surface area contributed by atoms with E-state index in [1.165, 1.54) is 40.0 Å². The molecule has 2 aromatic rings. The monoisotopic (exact) mass is 268 g/mol. The summed E-state index contributed by atoms with van der Waals surface area (Å²) in [6.07, 6.45) is 6.33. The predicted octanol–water partition coefficient (Wildman–Crippen LogP) is 4.44. The lowest BCUT2D eigenvalue weighted by molar-refractivity contribution is 0.488. The van der Waals surface area contributed by atoms with Gasteiger partial charge in [-0.05, 0) is 23.9 Å². The van der Waals surface area contributed by atoms with Crippen LogP contribution in [0.3, 0.4) is 0 Å². The molecule has 2 aromatic heterocycles. The van der Waals surface area contributed by atoms with E-state index in [0.29, 0.717) is 6.04 Å². The molecule has 17 heavy (non-hydrogen) atoms. The summed E-state index contributed by atoms with van der Waals surface area (Å²) in [6, 6.07) is 4.81. The second-order valence-electron chi connectivity index (χ2n) is 4.37. The minimum atomic E-state index is 0.330. The van der Waals surface area contributed by atoms with Crippen LogP contribution in [-0.4, -0.2) is 0 Å². The minimum Gasteiger partial charge on any atom is -0.271 e. The molecule has 0 saturated carbocycles. The lowest BCUT2D eigenvalue weighted by Gasteiger charge is -2.13. The van der Waals surface area contributed by atoms with E-state index in [-0.39, 0.29) is 0 Å². The molecule has 1 unspecified atom stereocenters. The third-order valence-corrected chi connectivity index (χ3v) is 5.26. The second-order valence-corrected chi connectivity index (χ2v) is 6.43. The van der Waals surface area contributed by atoms with Gasteiger partial charge in [0.2, 0.25) is 0 Å². The van der Waals surface area contributed by atoms with Crippen molar-refractivity contribution >= 4 is 32.1 Å². The van der Waals surface area contributed by atoms with Crippen LogP contribution in [0.4, 0.5) is 0 Å². The number of nitrogens with two attached hydrogens (primary N) is 1. The van der Waals surface area contributed by atoms with Crippen molar-refractivity contribution in [2.45, 2.75) is 45.1 Å². The van der Waals surface area contributed by atoms with Crippen molar-refractivity contribution in [3.05, 3.63) is 22.4 Å². The van der Waals surface area contributed by atoms with Gasteiger partial charge in [0.1, 0.15) is 0 Å². The Hall–Kier alpha value is -0.420. The molecule has 0 aliphatic heterocycles. The molecule has 0 radical (unpaired) electrons. The Labute approximate surface area is 111 Å². The maximum atomic E-state index is 5.67. The first kappa shape index (κ1) is 13.0. The van der Waals surface area contributed by atoms with Crippen LogP contribution in [0, 0.1) is 0 Å². The summed E-state index contributed by atoms with van der Waals surface area (Å²) in [5, 5.41) is 2.15. The fraction of sp³-hybridized carbons (Fsp3) is 0.538. The predicted molar refractivity (Wildman–Crippen MR) is 78.5 cm³/mol. The molecule has 1 atom stereocenters. The molecule has 0 saturated heterocycles. The molecule has 4 heteroatoms. The quantitative estimate of drug-likeness (QED) is 0.442. The lowest BCUT2D eigenvalue weighted by atomic mass is 10.1. The average molecular weight is 268 g/mol. The number of thiophene rings is 2. The molecule has 94 valence electrons. The SMILES string of the molecule is CCCCCCC(NN)c1cc2sccc2s1. The third-order valence-electron chi connectivity index (χ3n) is 3.05. The Kier molecular flexibility index (Phi) is 4.98. The highest BCUT2D eigenvalue weighted by atomic mass is 32.1. The Morgan fingerprint density at radius 2 is 2.18 bits per heavy atom. The molecule has 0 amide bonds. The normalized spacial score (nSPS) is 13.3. The summed E-state index contributed by atoms with van der Waals surface area (Å²) in [5.74, 6) is 5.67. The molecule has 3 N–H and O–H groups in total. The number of hydrogen-bond acceptors (Lipinski definition) is 4. The smallest absolute Gasteiger partial charge is 0.0554 e. The van der Waals surface area contributed by atoms with Crippen molar-refractivity contribution in [2.75, 3.05) is 0 Å². The van der Waals surface area contributed by atoms with E-state index in [2.05, 4.69) is 29.9 Å². The number of fused-ring (bicyclic) bond motifs is 1. The van der Waals surface area contributed by atoms with Gasteiger partial charge in [-0.25, -0.2) is 0 Å². The van der Waals surface area contributed by atoms with E-state index >= 15 is 0 Å². The first-order chi connectivity index (χ1) is 8.35. The van der Waals surface area contributed by atoms with E-state index in [1.54, 1.807) is 0 Å². The minimum absolute atomic E-state index is 0.330. The summed E-state index contributed by atoms with van der Waals surface area (Å²) >= 11 is 3.68. The first-order valence-electron chi connectivity index (χ1n) is 6.28. The summed E-state index contributed by atoms with van der Waals surface area (Å²) in [4.78, 5) is 1.38. The third kappa shape index (κ3) is 3.28. The topological polar surface area (TPSA) is 38.0 Å². The highest BCUT2D eigenvalue weighted by Crippen LogP contribution is 2.34. The summed E-state index contributed by atoms with van der Waals surface area (Å²) in [5.41, 5.74) is 2.96. The van der Waals surface area contributed by atoms with Crippen LogP contribution < -0.4 is 11.3 Å². The van der Waals surface area contributed by atoms with E-state index in [9.17, 15) is 0 Å². The molecule has 0 aliphatic carbocycles. The molecule has 0 aliphatic rings. The van der Waals surface area contributed by atoms with Crippen LogP contribution in [0.25, 0.3) is 9.40 Å². The number of hydrazine groups is 1. The molecule has 2 rings (SSSR count). The van der Waals surface area contributed by atoms with Gasteiger partial charge in [0.15, 0.2) is 0 Å². The van der Waals surface area contributed by atoms with Gasteiger partial charge in [0.05, 0.1) is 6.04 Å². The van der Waals surface area contributed by atoms with E-state index in [4.69, 9.17) is 5.84 Å². The Bertz CT molecular complexity index is 418. The average Bonchev–Trinajstić information content (AvgIpc) is 2.89. The van der Waals surface area contributed by atoms with Crippen molar-refractivity contribution in [2.24, 2.45) is 5.84 Å². The molecule has 0 fully saturated rings. The van der Waals surface area contributed by atoms with E-state index in [1.807, 2.05) is 22.7 Å². The zero-order valence-corrected chi connectivity index (χ0v) is 11.9. The van der Waals surface area contributed by atoms with Crippen LogP contribution in [0.5, 0.6) is 0 Å². The van der Waals surface area contributed by atoms with Gasteiger partial charge in [-0.3, -0.25) is 11.3 Å². The van der Waals surface area contributed by atoms with E-state index < -0.39 is 0 Å². The standard InChI is InChI=1S/C13H20N2S2/c1-2-3-4-5-6-10(15-14)12-9-13-11(17-12)7-8-16-13/h7-10,15H,2-6,14H2,1H3. The Morgan fingerprint density at radius 3 is 2.88 bits per heavy atom. The molecule has 0 bridgehead atoms. The first-order valence-corrected chi connectivity index (χ1v) is 7.97. The molecule has 2 heterocycles. The molecular weight excluding hydrogens is 248 g/mol. The van der Waals surface area contributed by atoms with Gasteiger partial charge in [-0.15, -0.1) is 22.7 Å². The summed E-state index contributed by atoms with van der Waals surface area (Å²) < 4.78 is 2.78. The van der Waals surface area contributed by atoms with Gasteiger partial charge in [0, 0.05) is 14.3 Å². The van der Waals surface area contributed by atoms with Crippen molar-refractivity contribution in [1.29, 1.82) is 0 Å². The van der Waals surface area contributed by atoms with Crippen molar-refractivity contribution in [3.8, 4) is 0 Å². The second kappa shape index (κ2) is 6.50. The number of hydrogen-bond donors (Lipinski definition) is 2. The van der Waals surface area contributed by atoms with Crippen LogP contribution in [0.1, 0.15) is 49.9 Å². The fourth-order valence-corrected chi connectivity index (χ4v) is 4.25. The van der Waals surface area contributed by atoms with Gasteiger partial charge in [-0.2, -0.15) is 0 Å². The summed E-state index contributed by atoms with van der Waals surface area (Å²) in [6.45, 7) is 2.24. The van der Waals surface area contributed by atoms with Crippen LogP contribution in [-0.2, 0) is 0 Å². The van der Waals surface area contributed by atoms with Gasteiger partial charge in [-0.1, -0.05) is 32.6 Å². The fourth-order valence-electron chi connectivity index (χ4n) is 2.04. The number of nitrogens with one attached hydrogen (secondary N) is 1.